The molecule has 1 aliphatic heterocycles. The van der Waals surface area contributed by atoms with Gasteiger partial charge in [0.25, 0.3) is 0 Å². The number of hydrogen-bond donors (Lipinski definition) is 2. The lowest BCUT2D eigenvalue weighted by atomic mass is 10.2. The number of quaternary nitrogens is 1. The molecule has 2 aromatic rings. The molecule has 0 aliphatic carbocycles. The highest BCUT2D eigenvalue weighted by molar-refractivity contribution is 6.30. The minimum atomic E-state index is -0.226. The van der Waals surface area contributed by atoms with Crippen LogP contribution in [0.15, 0.2) is 48.5 Å². The van der Waals surface area contributed by atoms with Crippen LogP contribution in [0.25, 0.3) is 0 Å². The number of anilines is 1. The monoisotopic (exact) mass is 348 g/mol. The molecule has 6 heteroatoms. The summed E-state index contributed by atoms with van der Waals surface area (Å²) in [6.07, 6.45) is 0.949. The Kier molecular flexibility index (Phi) is 5.33. The van der Waals surface area contributed by atoms with E-state index in [2.05, 4.69) is 5.32 Å². The number of nitrogens with zero attached hydrogens (tertiary/aromatic N) is 1. The third kappa shape index (κ3) is 4.46. The van der Waals surface area contributed by atoms with Crippen molar-refractivity contribution in [2.45, 2.75) is 13.0 Å². The maximum atomic E-state index is 13.0. The Hall–Kier alpha value is -2.11. The Bertz CT molecular complexity index is 690. The molecule has 0 radical (unpaired) electrons. The highest BCUT2D eigenvalue weighted by Crippen LogP contribution is 2.14. The van der Waals surface area contributed by atoms with Gasteiger partial charge >= 0.3 is 6.03 Å². The van der Waals surface area contributed by atoms with Crippen LogP contribution in [0.4, 0.5) is 14.9 Å². The van der Waals surface area contributed by atoms with E-state index in [9.17, 15) is 9.18 Å². The first-order chi connectivity index (χ1) is 11.6. The van der Waals surface area contributed by atoms with Gasteiger partial charge in [0, 0.05) is 29.2 Å². The molecule has 0 aromatic heterocycles. The standard InChI is InChI=1S/C18H19ClFN3O/c19-15-4-8-17(9-5-15)21-18(24)23-11-1-10-22(13-23)12-14-2-6-16(20)7-3-14/h2-9H,1,10-13H2,(H,21,24)/p+1. The van der Waals surface area contributed by atoms with Gasteiger partial charge in [-0.1, -0.05) is 23.7 Å². The van der Waals surface area contributed by atoms with Crippen molar-refractivity contribution in [3.8, 4) is 0 Å². The fraction of sp³-hybridized carbons (Fsp3) is 0.278. The Morgan fingerprint density at radius 1 is 1.17 bits per heavy atom. The van der Waals surface area contributed by atoms with Crippen LogP contribution in [0.5, 0.6) is 0 Å². The number of halogens is 2. The Balaban J connectivity index is 1.57. The fourth-order valence-electron chi connectivity index (χ4n) is 2.89. The smallest absolute Gasteiger partial charge is 0.314 e. The van der Waals surface area contributed by atoms with Crippen LogP contribution in [0, 0.1) is 5.82 Å². The van der Waals surface area contributed by atoms with Crippen LogP contribution in [0.3, 0.4) is 0 Å². The van der Waals surface area contributed by atoms with Crippen molar-refractivity contribution >= 4 is 23.3 Å². The third-order valence-corrected chi connectivity index (χ3v) is 4.37. The summed E-state index contributed by atoms with van der Waals surface area (Å²) in [5.74, 6) is -0.226. The number of carbonyl (C=O) groups is 1. The highest BCUT2D eigenvalue weighted by Gasteiger charge is 2.24. The predicted octanol–water partition coefficient (Wildman–Crippen LogP) is 2.76. The molecular weight excluding hydrogens is 329 g/mol. The highest BCUT2D eigenvalue weighted by atomic mass is 35.5. The summed E-state index contributed by atoms with van der Waals surface area (Å²) in [6.45, 7) is 3.16. The lowest BCUT2D eigenvalue weighted by Crippen LogP contribution is -3.13. The Labute approximate surface area is 145 Å². The van der Waals surface area contributed by atoms with E-state index in [-0.39, 0.29) is 11.8 Å². The summed E-state index contributed by atoms with van der Waals surface area (Å²) in [7, 11) is 0. The molecule has 2 N–H and O–H groups in total. The van der Waals surface area contributed by atoms with Crippen LogP contribution < -0.4 is 10.2 Å². The SMILES string of the molecule is O=C(Nc1ccc(Cl)cc1)N1CCC[NH+](Cc2ccc(F)cc2)C1. The van der Waals surface area contributed by atoms with Gasteiger partial charge in [0.1, 0.15) is 12.4 Å². The van der Waals surface area contributed by atoms with Gasteiger partial charge in [0.15, 0.2) is 6.67 Å². The van der Waals surface area contributed by atoms with Crippen molar-refractivity contribution in [2.75, 3.05) is 25.1 Å². The summed E-state index contributed by atoms with van der Waals surface area (Å²) in [5.41, 5.74) is 1.81. The lowest BCUT2D eigenvalue weighted by Gasteiger charge is -2.32. The first-order valence-electron chi connectivity index (χ1n) is 8.00. The van der Waals surface area contributed by atoms with E-state index in [1.807, 2.05) is 4.90 Å². The van der Waals surface area contributed by atoms with Gasteiger partial charge in [-0.15, -0.1) is 0 Å². The molecule has 1 aliphatic rings. The van der Waals surface area contributed by atoms with E-state index < -0.39 is 0 Å². The first kappa shape index (κ1) is 16.7. The molecule has 1 saturated heterocycles. The molecular formula is C18H20ClFN3O+. The lowest BCUT2D eigenvalue weighted by molar-refractivity contribution is -0.927. The van der Waals surface area contributed by atoms with Crippen LogP contribution in [0.1, 0.15) is 12.0 Å². The molecule has 24 heavy (non-hydrogen) atoms. The summed E-state index contributed by atoms with van der Waals surface area (Å²) >= 11 is 5.85. The zero-order valence-corrected chi connectivity index (χ0v) is 14.0. The fourth-order valence-corrected chi connectivity index (χ4v) is 3.02. The van der Waals surface area contributed by atoms with E-state index in [0.29, 0.717) is 11.7 Å². The second-order valence-electron chi connectivity index (χ2n) is 6.02. The maximum Gasteiger partial charge on any atom is 0.326 e. The Morgan fingerprint density at radius 3 is 2.58 bits per heavy atom. The Morgan fingerprint density at radius 2 is 1.88 bits per heavy atom. The van der Waals surface area contributed by atoms with Crippen molar-refractivity contribution in [1.82, 2.24) is 4.90 Å². The van der Waals surface area contributed by atoms with E-state index in [4.69, 9.17) is 11.6 Å². The van der Waals surface area contributed by atoms with Crippen LogP contribution in [0.2, 0.25) is 5.02 Å². The molecule has 0 spiro atoms. The molecule has 2 aromatic carbocycles. The van der Waals surface area contributed by atoms with E-state index >= 15 is 0 Å². The minimum absolute atomic E-state index is 0.103. The van der Waals surface area contributed by atoms with Gasteiger partial charge in [-0.05, 0) is 36.4 Å². The number of nitrogens with one attached hydrogen (secondary N) is 2. The summed E-state index contributed by atoms with van der Waals surface area (Å²) in [6, 6.07) is 13.5. The van der Waals surface area contributed by atoms with Gasteiger partial charge < -0.3 is 10.2 Å². The number of hydrogen-bond acceptors (Lipinski definition) is 1. The largest absolute Gasteiger partial charge is 0.326 e. The third-order valence-electron chi connectivity index (χ3n) is 4.12. The molecule has 0 saturated carbocycles. The van der Waals surface area contributed by atoms with Gasteiger partial charge in [-0.3, -0.25) is 4.90 Å². The van der Waals surface area contributed by atoms with Crippen molar-refractivity contribution in [2.24, 2.45) is 0 Å². The second kappa shape index (κ2) is 7.64. The molecule has 4 nitrogen and oxygen atoms in total. The maximum absolute atomic E-state index is 13.0. The molecule has 1 heterocycles. The van der Waals surface area contributed by atoms with Gasteiger partial charge in [-0.2, -0.15) is 0 Å². The van der Waals surface area contributed by atoms with E-state index in [1.54, 1.807) is 36.4 Å². The summed E-state index contributed by atoms with van der Waals surface area (Å²) in [4.78, 5) is 15.5. The van der Waals surface area contributed by atoms with E-state index in [0.717, 1.165) is 37.3 Å². The zero-order chi connectivity index (χ0) is 16.9. The number of urea groups is 1. The normalized spacial score (nSPS) is 17.6. The summed E-state index contributed by atoms with van der Waals surface area (Å²) in [5, 5.41) is 3.54. The molecule has 1 atom stereocenters. The van der Waals surface area contributed by atoms with Gasteiger partial charge in [-0.25, -0.2) is 9.18 Å². The van der Waals surface area contributed by atoms with Gasteiger partial charge in [0.05, 0.1) is 6.54 Å². The molecule has 2 amide bonds. The molecule has 126 valence electrons. The predicted molar refractivity (Wildman–Crippen MR) is 92.6 cm³/mol. The van der Waals surface area contributed by atoms with Crippen LogP contribution in [-0.2, 0) is 6.54 Å². The van der Waals surface area contributed by atoms with Crippen LogP contribution >= 0.6 is 11.6 Å². The number of carbonyl (C=O) groups excluding carboxylic acids is 1. The molecule has 0 bridgehead atoms. The second-order valence-corrected chi connectivity index (χ2v) is 6.45. The molecule has 1 unspecified atom stereocenters. The average Bonchev–Trinajstić information content (AvgIpc) is 2.59. The van der Waals surface area contributed by atoms with Crippen molar-refractivity contribution in [1.29, 1.82) is 0 Å². The topological polar surface area (TPSA) is 36.8 Å². The van der Waals surface area contributed by atoms with Crippen molar-refractivity contribution < 1.29 is 14.1 Å². The van der Waals surface area contributed by atoms with Crippen molar-refractivity contribution in [3.63, 3.8) is 0 Å². The van der Waals surface area contributed by atoms with Gasteiger partial charge in [0.2, 0.25) is 0 Å². The zero-order valence-electron chi connectivity index (χ0n) is 13.3. The average molecular weight is 349 g/mol. The molecule has 1 fully saturated rings. The number of rotatable bonds is 3. The number of benzene rings is 2. The van der Waals surface area contributed by atoms with Crippen LogP contribution in [-0.4, -0.2) is 30.7 Å². The summed E-state index contributed by atoms with van der Waals surface area (Å²) < 4.78 is 13.0. The quantitative estimate of drug-likeness (QED) is 0.879. The molecule has 3 rings (SSSR count). The van der Waals surface area contributed by atoms with Crippen molar-refractivity contribution in [3.05, 3.63) is 64.9 Å². The minimum Gasteiger partial charge on any atom is -0.314 e. The first-order valence-corrected chi connectivity index (χ1v) is 8.37. The van der Waals surface area contributed by atoms with E-state index in [1.165, 1.54) is 17.0 Å². The number of amides is 2.